The number of hydrogen-bond acceptors (Lipinski definition) is 4. The third-order valence-electron chi connectivity index (χ3n) is 0.954. The van der Waals surface area contributed by atoms with E-state index in [0.29, 0.717) is 11.7 Å². The molecule has 1 aromatic heterocycles. The first-order valence-corrected chi connectivity index (χ1v) is 4.35. The normalized spacial score (nSPS) is 12.0. The second kappa shape index (κ2) is 3.69. The van der Waals surface area contributed by atoms with Gasteiger partial charge >= 0.3 is 0 Å². The number of nitrogens with zero attached hydrogens (tertiary/aromatic N) is 2. The first kappa shape index (κ1) is 8.49. The molecule has 0 saturated carbocycles. The predicted molar refractivity (Wildman–Crippen MR) is 47.3 cm³/mol. The van der Waals surface area contributed by atoms with Crippen LogP contribution in [-0.2, 0) is 5.88 Å². The Labute approximate surface area is 74.1 Å². The number of hydrogen-bond donors (Lipinski definition) is 1. The van der Waals surface area contributed by atoms with Gasteiger partial charge in [0.1, 0.15) is 5.01 Å². The molecule has 0 saturated heterocycles. The van der Waals surface area contributed by atoms with Crippen molar-refractivity contribution in [3.63, 3.8) is 0 Å². The molecular weight excluding hydrogens is 182 g/mol. The average molecular weight is 190 g/mol. The van der Waals surface area contributed by atoms with Crippen LogP contribution in [0.25, 0.3) is 6.08 Å². The highest BCUT2D eigenvalue weighted by Gasteiger charge is 1.98. The summed E-state index contributed by atoms with van der Waals surface area (Å²) in [4.78, 5) is 4.09. The van der Waals surface area contributed by atoms with Crippen LogP contribution in [0.15, 0.2) is 5.70 Å². The van der Waals surface area contributed by atoms with E-state index in [0.717, 1.165) is 10.7 Å². The summed E-state index contributed by atoms with van der Waals surface area (Å²) in [6.07, 6.45) is 1.77. The van der Waals surface area contributed by atoms with Crippen LogP contribution in [0.5, 0.6) is 0 Å². The van der Waals surface area contributed by atoms with Gasteiger partial charge in [-0.25, -0.2) is 4.98 Å². The van der Waals surface area contributed by atoms with Gasteiger partial charge in [-0.2, -0.15) is 4.37 Å². The van der Waals surface area contributed by atoms with E-state index in [9.17, 15) is 0 Å². The second-order valence-electron chi connectivity index (χ2n) is 2.07. The Kier molecular flexibility index (Phi) is 2.84. The van der Waals surface area contributed by atoms with Gasteiger partial charge in [0.15, 0.2) is 5.82 Å². The fourth-order valence-electron chi connectivity index (χ4n) is 0.575. The molecule has 0 bridgehead atoms. The molecule has 1 rings (SSSR count). The zero-order chi connectivity index (χ0) is 8.27. The molecule has 0 unspecified atom stereocenters. The number of rotatable bonds is 2. The first-order valence-electron chi connectivity index (χ1n) is 3.04. The molecule has 1 heterocycles. The third-order valence-corrected chi connectivity index (χ3v) is 1.89. The summed E-state index contributed by atoms with van der Waals surface area (Å²) < 4.78 is 3.99. The molecule has 60 valence electrons. The lowest BCUT2D eigenvalue weighted by molar-refractivity contribution is 1.12. The maximum absolute atomic E-state index is 5.51. The molecule has 0 fully saturated rings. The standard InChI is InChI=1S/C6H8ClN3S/c1-4(8)2-6-9-5(3-7)10-11-6/h2H,3,8H2,1H3. The minimum absolute atomic E-state index is 0.355. The van der Waals surface area contributed by atoms with Crippen LogP contribution in [0.1, 0.15) is 17.8 Å². The van der Waals surface area contributed by atoms with Crippen LogP contribution >= 0.6 is 23.1 Å². The predicted octanol–water partition coefficient (Wildman–Crippen LogP) is 1.60. The Hall–Kier alpha value is -0.610. The van der Waals surface area contributed by atoms with Crippen LogP contribution in [0, 0.1) is 0 Å². The summed E-state index contributed by atoms with van der Waals surface area (Å²) in [6.45, 7) is 1.81. The quantitative estimate of drug-likeness (QED) is 0.719. The van der Waals surface area contributed by atoms with E-state index in [1.165, 1.54) is 11.5 Å². The number of alkyl halides is 1. The summed E-state index contributed by atoms with van der Waals surface area (Å²) in [7, 11) is 0. The van der Waals surface area contributed by atoms with E-state index in [1.807, 2.05) is 6.92 Å². The summed E-state index contributed by atoms with van der Waals surface area (Å²) in [6, 6.07) is 0. The van der Waals surface area contributed by atoms with Gasteiger partial charge < -0.3 is 5.73 Å². The van der Waals surface area contributed by atoms with Gasteiger partial charge in [-0.3, -0.25) is 0 Å². The van der Waals surface area contributed by atoms with Crippen molar-refractivity contribution < 1.29 is 0 Å². The zero-order valence-corrected chi connectivity index (χ0v) is 7.61. The van der Waals surface area contributed by atoms with Crippen molar-refractivity contribution in [3.8, 4) is 0 Å². The SMILES string of the molecule is CC(N)=Cc1nc(CCl)ns1. The Morgan fingerprint density at radius 2 is 2.55 bits per heavy atom. The van der Waals surface area contributed by atoms with Gasteiger partial charge in [-0.15, -0.1) is 11.6 Å². The molecule has 2 N–H and O–H groups in total. The minimum atomic E-state index is 0.355. The van der Waals surface area contributed by atoms with Crippen LogP contribution < -0.4 is 5.73 Å². The number of aromatic nitrogens is 2. The number of nitrogens with two attached hydrogens (primary N) is 1. The molecule has 0 aromatic carbocycles. The molecule has 0 aliphatic carbocycles. The van der Waals surface area contributed by atoms with Gasteiger partial charge in [0.05, 0.1) is 5.88 Å². The van der Waals surface area contributed by atoms with E-state index < -0.39 is 0 Å². The van der Waals surface area contributed by atoms with Crippen molar-refractivity contribution >= 4 is 29.2 Å². The molecule has 0 spiro atoms. The van der Waals surface area contributed by atoms with E-state index in [-0.39, 0.29) is 0 Å². The molecule has 0 atom stereocenters. The van der Waals surface area contributed by atoms with E-state index in [1.54, 1.807) is 6.08 Å². The van der Waals surface area contributed by atoms with Gasteiger partial charge in [-0.05, 0) is 24.5 Å². The Bertz CT molecular complexity index is 265. The highest BCUT2D eigenvalue weighted by molar-refractivity contribution is 7.06. The molecule has 0 amide bonds. The molecule has 0 radical (unpaired) electrons. The lowest BCUT2D eigenvalue weighted by Crippen LogP contribution is -1.89. The zero-order valence-electron chi connectivity index (χ0n) is 6.04. The maximum atomic E-state index is 5.51. The summed E-state index contributed by atoms with van der Waals surface area (Å²) >= 11 is 6.81. The summed E-state index contributed by atoms with van der Waals surface area (Å²) in [5, 5.41) is 0.806. The Morgan fingerprint density at radius 1 is 1.82 bits per heavy atom. The molecule has 0 aliphatic rings. The summed E-state index contributed by atoms with van der Waals surface area (Å²) in [5.74, 6) is 1.01. The molecular formula is C6H8ClN3S. The van der Waals surface area contributed by atoms with Crippen molar-refractivity contribution in [1.29, 1.82) is 0 Å². The van der Waals surface area contributed by atoms with Crippen LogP contribution in [-0.4, -0.2) is 9.36 Å². The average Bonchev–Trinajstić information content (AvgIpc) is 2.34. The Balaban J connectivity index is 2.81. The molecule has 0 aliphatic heterocycles. The number of allylic oxidation sites excluding steroid dienone is 1. The first-order chi connectivity index (χ1) is 5.22. The van der Waals surface area contributed by atoms with Crippen LogP contribution in [0.2, 0.25) is 0 Å². The van der Waals surface area contributed by atoms with Crippen molar-refractivity contribution in [2.45, 2.75) is 12.8 Å². The fourth-order valence-corrected chi connectivity index (χ4v) is 1.45. The molecule has 3 nitrogen and oxygen atoms in total. The lowest BCUT2D eigenvalue weighted by Gasteiger charge is -1.84. The van der Waals surface area contributed by atoms with Crippen LogP contribution in [0.4, 0.5) is 0 Å². The molecule has 5 heteroatoms. The van der Waals surface area contributed by atoms with E-state index >= 15 is 0 Å². The van der Waals surface area contributed by atoms with Gasteiger partial charge in [0.25, 0.3) is 0 Å². The highest BCUT2D eigenvalue weighted by Crippen LogP contribution is 2.08. The van der Waals surface area contributed by atoms with Gasteiger partial charge in [0.2, 0.25) is 0 Å². The van der Waals surface area contributed by atoms with Crippen LogP contribution in [0.3, 0.4) is 0 Å². The monoisotopic (exact) mass is 189 g/mol. The fraction of sp³-hybridized carbons (Fsp3) is 0.333. The smallest absolute Gasteiger partial charge is 0.157 e. The van der Waals surface area contributed by atoms with Crippen molar-refractivity contribution in [2.24, 2.45) is 5.73 Å². The minimum Gasteiger partial charge on any atom is -0.402 e. The Morgan fingerprint density at radius 3 is 3.00 bits per heavy atom. The second-order valence-corrected chi connectivity index (χ2v) is 3.12. The maximum Gasteiger partial charge on any atom is 0.157 e. The summed E-state index contributed by atoms with van der Waals surface area (Å²) in [5.41, 5.74) is 6.17. The van der Waals surface area contributed by atoms with E-state index in [4.69, 9.17) is 17.3 Å². The van der Waals surface area contributed by atoms with E-state index in [2.05, 4.69) is 9.36 Å². The topological polar surface area (TPSA) is 51.8 Å². The largest absolute Gasteiger partial charge is 0.402 e. The molecule has 11 heavy (non-hydrogen) atoms. The lowest BCUT2D eigenvalue weighted by atomic mass is 10.5. The number of halogens is 1. The van der Waals surface area contributed by atoms with Crippen molar-refractivity contribution in [3.05, 3.63) is 16.5 Å². The van der Waals surface area contributed by atoms with Gasteiger partial charge in [-0.1, -0.05) is 0 Å². The van der Waals surface area contributed by atoms with Crippen molar-refractivity contribution in [1.82, 2.24) is 9.36 Å². The highest BCUT2D eigenvalue weighted by atomic mass is 35.5. The molecule has 1 aromatic rings. The third kappa shape index (κ3) is 2.48. The van der Waals surface area contributed by atoms with Crippen molar-refractivity contribution in [2.75, 3.05) is 0 Å². The van der Waals surface area contributed by atoms with Gasteiger partial charge in [0, 0.05) is 5.70 Å².